The summed E-state index contributed by atoms with van der Waals surface area (Å²) in [5.41, 5.74) is 4.45. The summed E-state index contributed by atoms with van der Waals surface area (Å²) in [5.74, 6) is -0.435. The van der Waals surface area contributed by atoms with E-state index in [0.717, 1.165) is 21.6 Å². The van der Waals surface area contributed by atoms with Crippen LogP contribution in [-0.4, -0.2) is 17.1 Å². The number of carbonyl (C=O) groups excluding carboxylic acids is 2. The van der Waals surface area contributed by atoms with Gasteiger partial charge in [-0.3, -0.25) is 9.59 Å². The van der Waals surface area contributed by atoms with Gasteiger partial charge in [-0.25, -0.2) is 0 Å². The first-order valence-corrected chi connectivity index (χ1v) is 13.7. The largest absolute Gasteiger partial charge is 0.322 e. The quantitative estimate of drug-likeness (QED) is 0.220. The molecule has 0 radical (unpaired) electrons. The third-order valence-corrected chi connectivity index (χ3v) is 8.11. The molecule has 4 aromatic rings. The average Bonchev–Trinajstić information content (AvgIpc) is 3.30. The second kappa shape index (κ2) is 12.1. The first-order chi connectivity index (χ1) is 17.9. The Kier molecular flexibility index (Phi) is 8.67. The molecule has 0 bridgehead atoms. The fourth-order valence-electron chi connectivity index (χ4n) is 3.67. The molecular formula is C29H24ClN3O2S2. The van der Waals surface area contributed by atoms with Crippen LogP contribution in [0.4, 0.5) is 10.7 Å². The number of halogens is 1. The third kappa shape index (κ3) is 6.60. The van der Waals surface area contributed by atoms with Gasteiger partial charge in [0.05, 0.1) is 10.8 Å². The number of hydrogen-bond acceptors (Lipinski definition) is 5. The van der Waals surface area contributed by atoms with Gasteiger partial charge in [0.1, 0.15) is 11.1 Å². The molecule has 0 saturated heterocycles. The summed E-state index contributed by atoms with van der Waals surface area (Å²) in [6, 6.07) is 24.3. The van der Waals surface area contributed by atoms with Gasteiger partial charge in [0.25, 0.3) is 5.91 Å². The zero-order valence-electron chi connectivity index (χ0n) is 20.2. The molecule has 0 saturated carbocycles. The maximum Gasteiger partial charge on any atom is 0.255 e. The Hall–Kier alpha value is -3.57. The minimum atomic E-state index is -0.379. The molecule has 37 heavy (non-hydrogen) atoms. The Morgan fingerprint density at radius 1 is 1.05 bits per heavy atom. The number of anilines is 2. The molecular weight excluding hydrogens is 522 g/mol. The molecule has 0 aliphatic carbocycles. The van der Waals surface area contributed by atoms with Gasteiger partial charge in [0, 0.05) is 32.1 Å². The highest BCUT2D eigenvalue weighted by Gasteiger charge is 2.22. The van der Waals surface area contributed by atoms with Gasteiger partial charge < -0.3 is 10.6 Å². The van der Waals surface area contributed by atoms with Crippen LogP contribution in [-0.2, 0) is 4.79 Å². The van der Waals surface area contributed by atoms with Crippen LogP contribution in [0.3, 0.4) is 0 Å². The number of hydrogen-bond donors (Lipinski definition) is 2. The molecule has 0 fully saturated rings. The predicted molar refractivity (Wildman–Crippen MR) is 154 cm³/mol. The molecule has 186 valence electrons. The van der Waals surface area contributed by atoms with E-state index in [2.05, 4.69) is 16.7 Å². The van der Waals surface area contributed by atoms with Crippen molar-refractivity contribution in [3.05, 3.63) is 99.9 Å². The number of thioether (sulfide) groups is 1. The Bertz CT molecular complexity index is 1480. The highest BCUT2D eigenvalue weighted by atomic mass is 35.5. The van der Waals surface area contributed by atoms with E-state index in [1.807, 2.05) is 61.7 Å². The Morgan fingerprint density at radius 3 is 2.51 bits per heavy atom. The van der Waals surface area contributed by atoms with E-state index >= 15 is 0 Å². The predicted octanol–water partition coefficient (Wildman–Crippen LogP) is 8.01. The number of thiophene rings is 1. The minimum Gasteiger partial charge on any atom is -0.322 e. The molecule has 0 aliphatic rings. The van der Waals surface area contributed by atoms with Crippen molar-refractivity contribution >= 4 is 57.2 Å². The SMILES string of the molecule is CCC(Sc1cccc(NC(=O)c2cccc(Cl)c2)c1)C(=O)Nc1scc(-c2ccc(C)cc2)c1C#N. The van der Waals surface area contributed by atoms with Crippen LogP contribution in [0.1, 0.15) is 34.8 Å². The Balaban J connectivity index is 1.45. The van der Waals surface area contributed by atoms with Crippen LogP contribution < -0.4 is 10.6 Å². The van der Waals surface area contributed by atoms with E-state index in [0.29, 0.717) is 33.3 Å². The van der Waals surface area contributed by atoms with Gasteiger partial charge in [0.2, 0.25) is 5.91 Å². The van der Waals surface area contributed by atoms with Gasteiger partial charge in [-0.2, -0.15) is 5.26 Å². The lowest BCUT2D eigenvalue weighted by atomic mass is 10.0. The van der Waals surface area contributed by atoms with Crippen molar-refractivity contribution in [3.8, 4) is 17.2 Å². The number of nitrogens with one attached hydrogen (secondary N) is 2. The fraction of sp³-hybridized carbons (Fsp3) is 0.138. The summed E-state index contributed by atoms with van der Waals surface area (Å²) in [6.45, 7) is 3.96. The Labute approximate surface area is 229 Å². The monoisotopic (exact) mass is 545 g/mol. The van der Waals surface area contributed by atoms with Gasteiger partial charge in [0.15, 0.2) is 0 Å². The lowest BCUT2D eigenvalue weighted by Gasteiger charge is -2.15. The molecule has 4 rings (SSSR count). The summed E-state index contributed by atoms with van der Waals surface area (Å²) in [7, 11) is 0. The average molecular weight is 546 g/mol. The molecule has 1 unspecified atom stereocenters. The molecule has 2 amide bonds. The van der Waals surface area contributed by atoms with Gasteiger partial charge in [-0.05, 0) is 55.3 Å². The number of rotatable bonds is 8. The molecule has 3 aromatic carbocycles. The molecule has 0 spiro atoms. The van der Waals surface area contributed by atoms with E-state index in [4.69, 9.17) is 11.6 Å². The summed E-state index contributed by atoms with van der Waals surface area (Å²) in [6.07, 6.45) is 0.591. The number of nitriles is 1. The first kappa shape index (κ1) is 26.5. The summed E-state index contributed by atoms with van der Waals surface area (Å²) < 4.78 is 0. The summed E-state index contributed by atoms with van der Waals surface area (Å²) in [4.78, 5) is 26.6. The number of aryl methyl sites for hydroxylation is 1. The number of nitrogens with zero attached hydrogens (tertiary/aromatic N) is 1. The van der Waals surface area contributed by atoms with E-state index in [1.54, 1.807) is 30.3 Å². The number of carbonyl (C=O) groups is 2. The van der Waals surface area contributed by atoms with E-state index in [1.165, 1.54) is 23.1 Å². The van der Waals surface area contributed by atoms with Crippen molar-refractivity contribution < 1.29 is 9.59 Å². The third-order valence-electron chi connectivity index (χ3n) is 5.62. The van der Waals surface area contributed by atoms with Crippen LogP contribution in [0, 0.1) is 18.3 Å². The highest BCUT2D eigenvalue weighted by Crippen LogP contribution is 2.36. The molecule has 0 aliphatic heterocycles. The van der Waals surface area contributed by atoms with Crippen LogP contribution >= 0.6 is 34.7 Å². The lowest BCUT2D eigenvalue weighted by Crippen LogP contribution is -2.24. The van der Waals surface area contributed by atoms with Crippen LogP contribution in [0.2, 0.25) is 5.02 Å². The summed E-state index contributed by atoms with van der Waals surface area (Å²) in [5, 5.41) is 18.2. The molecule has 2 N–H and O–H groups in total. The van der Waals surface area contributed by atoms with Gasteiger partial charge >= 0.3 is 0 Å². The highest BCUT2D eigenvalue weighted by molar-refractivity contribution is 8.00. The normalized spacial score (nSPS) is 11.4. The molecule has 1 heterocycles. The van der Waals surface area contributed by atoms with Crippen molar-refractivity contribution in [2.75, 3.05) is 10.6 Å². The molecule has 1 aromatic heterocycles. The molecule has 5 nitrogen and oxygen atoms in total. The van der Waals surface area contributed by atoms with E-state index in [-0.39, 0.29) is 17.1 Å². The Morgan fingerprint density at radius 2 is 1.81 bits per heavy atom. The van der Waals surface area contributed by atoms with Gasteiger partial charge in [-0.1, -0.05) is 60.5 Å². The van der Waals surface area contributed by atoms with Crippen LogP contribution in [0.15, 0.2) is 83.1 Å². The van der Waals surface area contributed by atoms with Crippen molar-refractivity contribution in [2.45, 2.75) is 30.4 Å². The maximum absolute atomic E-state index is 13.2. The van der Waals surface area contributed by atoms with Crippen molar-refractivity contribution in [1.29, 1.82) is 5.26 Å². The second-order valence-electron chi connectivity index (χ2n) is 8.33. The zero-order chi connectivity index (χ0) is 26.4. The maximum atomic E-state index is 13.2. The molecule has 8 heteroatoms. The second-order valence-corrected chi connectivity index (χ2v) is 10.9. The van der Waals surface area contributed by atoms with Crippen molar-refractivity contribution in [1.82, 2.24) is 0 Å². The molecule has 1 atom stereocenters. The number of amides is 2. The van der Waals surface area contributed by atoms with Gasteiger partial charge in [-0.15, -0.1) is 23.1 Å². The van der Waals surface area contributed by atoms with Crippen molar-refractivity contribution in [3.63, 3.8) is 0 Å². The van der Waals surface area contributed by atoms with Crippen molar-refractivity contribution in [2.24, 2.45) is 0 Å². The minimum absolute atomic E-state index is 0.172. The van der Waals surface area contributed by atoms with Crippen LogP contribution in [0.25, 0.3) is 11.1 Å². The van der Waals surface area contributed by atoms with E-state index < -0.39 is 0 Å². The zero-order valence-corrected chi connectivity index (χ0v) is 22.6. The lowest BCUT2D eigenvalue weighted by molar-refractivity contribution is -0.115. The fourth-order valence-corrected chi connectivity index (χ4v) is 5.79. The summed E-state index contributed by atoms with van der Waals surface area (Å²) >= 11 is 8.76. The van der Waals surface area contributed by atoms with E-state index in [9.17, 15) is 14.9 Å². The smallest absolute Gasteiger partial charge is 0.255 e. The van der Waals surface area contributed by atoms with Crippen LogP contribution in [0.5, 0.6) is 0 Å². The first-order valence-electron chi connectivity index (χ1n) is 11.6. The standard InChI is InChI=1S/C29H24ClN3O2S2/c1-3-26(28(35)33-29-24(16-31)25(17-36-29)19-12-10-18(2)11-13-19)37-23-9-5-8-22(15-23)32-27(34)20-6-4-7-21(30)14-20/h4-15,17,26H,3H2,1-2H3,(H,32,34)(H,33,35). The number of benzene rings is 3. The topological polar surface area (TPSA) is 82.0 Å².